The quantitative estimate of drug-likeness (QED) is 0.588. The summed E-state index contributed by atoms with van der Waals surface area (Å²) in [7, 11) is 0. The second-order valence-electron chi connectivity index (χ2n) is 8.01. The van der Waals surface area contributed by atoms with Gasteiger partial charge in [-0.25, -0.2) is 9.89 Å². The van der Waals surface area contributed by atoms with E-state index >= 15 is 0 Å². The van der Waals surface area contributed by atoms with Crippen molar-refractivity contribution in [3.63, 3.8) is 0 Å². The minimum atomic E-state index is -0.684. The molecule has 2 aromatic rings. The number of carbonyl (C=O) groups excluding carboxylic acids is 2. The van der Waals surface area contributed by atoms with Gasteiger partial charge in [0.1, 0.15) is 0 Å². The van der Waals surface area contributed by atoms with E-state index in [1.54, 1.807) is 4.90 Å². The van der Waals surface area contributed by atoms with Gasteiger partial charge in [0.2, 0.25) is 5.56 Å². The minimum absolute atomic E-state index is 0.0441. The van der Waals surface area contributed by atoms with Gasteiger partial charge in [-0.05, 0) is 18.8 Å². The van der Waals surface area contributed by atoms with Crippen LogP contribution in [0.25, 0.3) is 5.65 Å². The number of fused-ring (bicyclic) bond motifs is 1. The van der Waals surface area contributed by atoms with Crippen molar-refractivity contribution >= 4 is 17.5 Å². The predicted molar refractivity (Wildman–Crippen MR) is 102 cm³/mol. The molecule has 2 amide bonds. The van der Waals surface area contributed by atoms with E-state index in [0.717, 1.165) is 17.4 Å². The number of nitrogens with one attached hydrogen (secondary N) is 2. The van der Waals surface area contributed by atoms with Gasteiger partial charge in [-0.15, -0.1) is 0 Å². The van der Waals surface area contributed by atoms with Crippen LogP contribution in [0.1, 0.15) is 47.4 Å². The number of hydrogen-bond acceptors (Lipinski definition) is 5. The largest absolute Gasteiger partial charge is 0.477 e. The molecule has 0 atom stereocenters. The van der Waals surface area contributed by atoms with Crippen molar-refractivity contribution in [3.8, 4) is 5.88 Å². The molecule has 2 aliphatic rings. The second-order valence-corrected chi connectivity index (χ2v) is 8.01. The van der Waals surface area contributed by atoms with Crippen LogP contribution in [-0.4, -0.2) is 63.8 Å². The highest BCUT2D eigenvalue weighted by molar-refractivity contribution is 6.00. The van der Waals surface area contributed by atoms with E-state index in [1.807, 2.05) is 13.8 Å². The van der Waals surface area contributed by atoms with Gasteiger partial charge in [-0.2, -0.15) is 4.57 Å². The van der Waals surface area contributed by atoms with Gasteiger partial charge in [-0.3, -0.25) is 9.59 Å². The average molecular weight is 404 g/mol. The molecule has 2 aromatic heterocycles. The van der Waals surface area contributed by atoms with Crippen LogP contribution in [0.3, 0.4) is 0 Å². The predicted octanol–water partition coefficient (Wildman–Crippen LogP) is -0.359. The Balaban J connectivity index is 1.86. The van der Waals surface area contributed by atoms with Gasteiger partial charge < -0.3 is 20.1 Å². The van der Waals surface area contributed by atoms with E-state index < -0.39 is 17.3 Å². The molecule has 1 aliphatic heterocycles. The summed E-state index contributed by atoms with van der Waals surface area (Å²) in [4.78, 5) is 40.3. The third kappa shape index (κ3) is 3.59. The molecule has 2 fully saturated rings. The molecule has 156 valence electrons. The normalized spacial score (nSPS) is 17.1. The number of aromatic hydroxyl groups is 1. The molecule has 4 rings (SSSR count). The first-order chi connectivity index (χ1) is 13.9. The lowest BCUT2D eigenvalue weighted by Crippen LogP contribution is -2.47. The Labute approximate surface area is 167 Å². The molecule has 1 saturated heterocycles. The van der Waals surface area contributed by atoms with Crippen molar-refractivity contribution in [2.75, 3.05) is 26.3 Å². The minimum Gasteiger partial charge on any atom is -0.477 e. The number of amides is 2. The Morgan fingerprint density at radius 3 is 2.66 bits per heavy atom. The molecule has 1 aliphatic carbocycles. The Hall–Kier alpha value is -2.88. The van der Waals surface area contributed by atoms with E-state index in [9.17, 15) is 19.5 Å². The summed E-state index contributed by atoms with van der Waals surface area (Å²) in [5, 5.41) is 16.4. The van der Waals surface area contributed by atoms with Crippen molar-refractivity contribution in [1.82, 2.24) is 19.8 Å². The molecule has 29 heavy (non-hydrogen) atoms. The summed E-state index contributed by atoms with van der Waals surface area (Å²) in [5.41, 5.74) is -0.478. The van der Waals surface area contributed by atoms with Crippen molar-refractivity contribution in [1.29, 1.82) is 0 Å². The first-order valence-electron chi connectivity index (χ1n) is 9.95. The van der Waals surface area contributed by atoms with E-state index in [-0.39, 0.29) is 34.6 Å². The molecule has 0 unspecified atom stereocenters. The molecule has 0 bridgehead atoms. The molecule has 3 N–H and O–H groups in total. The highest BCUT2D eigenvalue weighted by atomic mass is 16.5. The fourth-order valence-electron chi connectivity index (χ4n) is 3.56. The van der Waals surface area contributed by atoms with Gasteiger partial charge in [0.15, 0.2) is 5.56 Å². The maximum atomic E-state index is 13.1. The molecule has 0 radical (unpaired) electrons. The summed E-state index contributed by atoms with van der Waals surface area (Å²) in [5.74, 6) is -1.17. The number of H-pyrrole nitrogens is 1. The third-order valence-electron chi connectivity index (χ3n) is 5.16. The van der Waals surface area contributed by atoms with Crippen LogP contribution in [0.15, 0.2) is 11.0 Å². The molecule has 0 aromatic carbocycles. The summed E-state index contributed by atoms with van der Waals surface area (Å²) in [6.07, 6.45) is 3.18. The lowest BCUT2D eigenvalue weighted by atomic mass is 10.2. The molecule has 0 spiro atoms. The Morgan fingerprint density at radius 1 is 1.34 bits per heavy atom. The Kier molecular flexibility index (Phi) is 5.03. The number of hydrogen-bond donors (Lipinski definition) is 3. The Morgan fingerprint density at radius 2 is 2.03 bits per heavy atom. The maximum absolute atomic E-state index is 13.1. The van der Waals surface area contributed by atoms with Crippen molar-refractivity contribution in [2.24, 2.45) is 5.92 Å². The molecule has 3 heterocycles. The van der Waals surface area contributed by atoms with Crippen LogP contribution in [0.2, 0.25) is 0 Å². The van der Waals surface area contributed by atoms with Crippen LogP contribution in [0.4, 0.5) is 0 Å². The van der Waals surface area contributed by atoms with E-state index in [1.165, 1.54) is 10.8 Å². The fraction of sp³-hybridized carbons (Fsp3) is 0.579. The monoisotopic (exact) mass is 404 g/mol. The van der Waals surface area contributed by atoms with E-state index in [0.29, 0.717) is 32.8 Å². The second kappa shape index (κ2) is 7.51. The zero-order valence-electron chi connectivity index (χ0n) is 16.6. The smallest absolute Gasteiger partial charge is 0.378 e. The molecule has 10 heteroatoms. The van der Waals surface area contributed by atoms with Gasteiger partial charge in [0.05, 0.1) is 26.0 Å². The number of morpholine rings is 1. The van der Waals surface area contributed by atoms with Crippen LogP contribution < -0.4 is 15.4 Å². The van der Waals surface area contributed by atoms with E-state index in [4.69, 9.17) is 4.74 Å². The molecular weight excluding hydrogens is 378 g/mol. The number of rotatable bonds is 5. The zero-order chi connectivity index (χ0) is 20.7. The molecule has 10 nitrogen and oxygen atoms in total. The fourth-order valence-corrected chi connectivity index (χ4v) is 3.56. The average Bonchev–Trinajstić information content (AvgIpc) is 3.39. The highest BCUT2D eigenvalue weighted by Crippen LogP contribution is 2.21. The third-order valence-corrected chi connectivity index (χ3v) is 5.16. The standard InChI is InChI=1S/C19H25N5O5/c1-11(2)10-23-16-13(17(26)22-5-7-29-8-6-22)9-20-24(16)19(28)14(18(23)27)15(25)21-12-3-4-12/h9,11-12H,3-8,10H2,1-2H3,(H2,21,25,27,28)/p+1. The number of carbonyl (C=O) groups is 2. The summed E-state index contributed by atoms with van der Waals surface area (Å²) < 4.78 is 7.94. The molecule has 1 saturated carbocycles. The summed E-state index contributed by atoms with van der Waals surface area (Å²) in [6.45, 7) is 6.06. The van der Waals surface area contributed by atoms with Crippen molar-refractivity contribution in [2.45, 2.75) is 39.3 Å². The SMILES string of the molecule is CC(C)C[n+]1c(O)c(C(=O)NC2CC2)c(=O)n2[nH]cc(C(=O)N3CCOCC3)c21. The van der Waals surface area contributed by atoms with Crippen LogP contribution >= 0.6 is 0 Å². The van der Waals surface area contributed by atoms with Gasteiger partial charge in [0.25, 0.3) is 11.8 Å². The molecular formula is C19H26N5O5+. The zero-order valence-corrected chi connectivity index (χ0v) is 16.6. The lowest BCUT2D eigenvalue weighted by Gasteiger charge is -2.26. The highest BCUT2D eigenvalue weighted by Gasteiger charge is 2.36. The van der Waals surface area contributed by atoms with Crippen LogP contribution in [0, 0.1) is 5.92 Å². The van der Waals surface area contributed by atoms with Crippen molar-refractivity contribution in [3.05, 3.63) is 27.7 Å². The van der Waals surface area contributed by atoms with E-state index in [2.05, 4.69) is 10.4 Å². The summed E-state index contributed by atoms with van der Waals surface area (Å²) >= 11 is 0. The number of nitrogens with zero attached hydrogens (tertiary/aromatic N) is 3. The van der Waals surface area contributed by atoms with Gasteiger partial charge >= 0.3 is 17.1 Å². The van der Waals surface area contributed by atoms with Crippen LogP contribution in [-0.2, 0) is 11.3 Å². The first-order valence-corrected chi connectivity index (χ1v) is 9.95. The topological polar surface area (TPSA) is 120 Å². The van der Waals surface area contributed by atoms with Gasteiger partial charge in [0, 0.05) is 19.1 Å². The van der Waals surface area contributed by atoms with Crippen LogP contribution in [0.5, 0.6) is 5.88 Å². The summed E-state index contributed by atoms with van der Waals surface area (Å²) in [6, 6.07) is 0.0441. The lowest BCUT2D eigenvalue weighted by molar-refractivity contribution is -0.686. The Bertz CT molecular complexity index is 1010. The number of ether oxygens (including phenoxy) is 1. The first kappa shape index (κ1) is 19.4. The maximum Gasteiger partial charge on any atom is 0.378 e. The van der Waals surface area contributed by atoms with Gasteiger partial charge in [-0.1, -0.05) is 18.4 Å². The van der Waals surface area contributed by atoms with Crippen molar-refractivity contribution < 1.29 is 24.0 Å². The number of aromatic nitrogens is 3. The number of aromatic amines is 1.